The summed E-state index contributed by atoms with van der Waals surface area (Å²) >= 11 is 4.78. The molecule has 1 spiro atoms. The molecular weight excluding hydrogens is 356 g/mol. The summed E-state index contributed by atoms with van der Waals surface area (Å²) in [7, 11) is 0. The molecule has 0 atom stereocenters. The lowest BCUT2D eigenvalue weighted by Gasteiger charge is -2.61. The standard InChI is InChI=1S/C14H19BrN2O3S/c1-12(2,3)20-11(18)17-7-13(8-17)5-14(19,6-13)10-16-9(15)4-21-10/h4,19H,5-8H2,1-3H3. The quantitative estimate of drug-likeness (QED) is 0.819. The van der Waals surface area contributed by atoms with Crippen LogP contribution in [-0.2, 0) is 10.3 Å². The van der Waals surface area contributed by atoms with Crippen molar-refractivity contribution in [3.05, 3.63) is 15.0 Å². The minimum absolute atomic E-state index is 0.0454. The number of thiazole rings is 1. The number of rotatable bonds is 1. The molecule has 1 amide bonds. The molecule has 1 N–H and O–H groups in total. The maximum absolute atomic E-state index is 11.9. The third kappa shape index (κ3) is 2.83. The van der Waals surface area contributed by atoms with Crippen molar-refractivity contribution in [2.45, 2.75) is 44.8 Å². The molecule has 2 fully saturated rings. The van der Waals surface area contributed by atoms with Crippen LogP contribution >= 0.6 is 27.3 Å². The molecule has 1 aliphatic heterocycles. The average molecular weight is 375 g/mol. The molecule has 3 rings (SSSR count). The summed E-state index contributed by atoms with van der Waals surface area (Å²) < 4.78 is 6.12. The van der Waals surface area contributed by atoms with E-state index in [1.807, 2.05) is 26.2 Å². The topological polar surface area (TPSA) is 62.7 Å². The summed E-state index contributed by atoms with van der Waals surface area (Å²) in [6, 6.07) is 0. The third-order valence-electron chi connectivity index (χ3n) is 3.91. The molecule has 7 heteroatoms. The highest BCUT2D eigenvalue weighted by molar-refractivity contribution is 9.10. The fraction of sp³-hybridized carbons (Fsp3) is 0.714. The summed E-state index contributed by atoms with van der Waals surface area (Å²) in [5.74, 6) is 0. The smallest absolute Gasteiger partial charge is 0.410 e. The van der Waals surface area contributed by atoms with E-state index in [0.717, 1.165) is 9.61 Å². The predicted molar refractivity (Wildman–Crippen MR) is 83.2 cm³/mol. The van der Waals surface area contributed by atoms with Crippen LogP contribution in [0.1, 0.15) is 38.6 Å². The van der Waals surface area contributed by atoms with Gasteiger partial charge in [-0.2, -0.15) is 0 Å². The van der Waals surface area contributed by atoms with Gasteiger partial charge in [-0.05, 0) is 49.5 Å². The SMILES string of the molecule is CC(C)(C)OC(=O)N1CC2(C1)CC(O)(c1nc(Br)cs1)C2. The number of nitrogens with zero attached hydrogens (tertiary/aromatic N) is 2. The van der Waals surface area contributed by atoms with Gasteiger partial charge in [0.25, 0.3) is 0 Å². The van der Waals surface area contributed by atoms with E-state index in [9.17, 15) is 9.90 Å². The maximum Gasteiger partial charge on any atom is 0.410 e. The summed E-state index contributed by atoms with van der Waals surface area (Å²) in [6.07, 6.45) is 1.07. The number of carbonyl (C=O) groups excluding carboxylic acids is 1. The number of aliphatic hydroxyl groups is 1. The van der Waals surface area contributed by atoms with Gasteiger partial charge in [0.05, 0.1) is 0 Å². The van der Waals surface area contributed by atoms with Crippen LogP contribution in [0.25, 0.3) is 0 Å². The zero-order valence-corrected chi connectivity index (χ0v) is 14.8. The second kappa shape index (κ2) is 4.67. The van der Waals surface area contributed by atoms with Crippen molar-refractivity contribution in [2.24, 2.45) is 5.41 Å². The molecule has 21 heavy (non-hydrogen) atoms. The van der Waals surface area contributed by atoms with E-state index in [0.29, 0.717) is 25.9 Å². The van der Waals surface area contributed by atoms with Gasteiger partial charge in [0.2, 0.25) is 0 Å². The zero-order chi connectivity index (χ0) is 15.5. The van der Waals surface area contributed by atoms with Crippen LogP contribution in [0.15, 0.2) is 9.98 Å². The summed E-state index contributed by atoms with van der Waals surface area (Å²) in [5.41, 5.74) is -1.24. The van der Waals surface area contributed by atoms with Gasteiger partial charge in [0.15, 0.2) is 0 Å². The Morgan fingerprint density at radius 2 is 2.10 bits per heavy atom. The van der Waals surface area contributed by atoms with E-state index >= 15 is 0 Å². The van der Waals surface area contributed by atoms with Crippen LogP contribution in [0.4, 0.5) is 4.79 Å². The van der Waals surface area contributed by atoms with Crippen LogP contribution in [-0.4, -0.2) is 39.8 Å². The number of halogens is 1. The van der Waals surface area contributed by atoms with Gasteiger partial charge >= 0.3 is 6.09 Å². The van der Waals surface area contributed by atoms with Crippen molar-refractivity contribution in [1.29, 1.82) is 0 Å². The first-order valence-electron chi connectivity index (χ1n) is 6.93. The van der Waals surface area contributed by atoms with Crippen LogP contribution < -0.4 is 0 Å². The van der Waals surface area contributed by atoms with Crippen LogP contribution in [0.2, 0.25) is 0 Å². The number of hydrogen-bond donors (Lipinski definition) is 1. The van der Waals surface area contributed by atoms with Gasteiger partial charge in [-0.15, -0.1) is 11.3 Å². The summed E-state index contributed by atoms with van der Waals surface area (Å²) in [5, 5.41) is 13.2. The van der Waals surface area contributed by atoms with E-state index in [1.165, 1.54) is 11.3 Å². The minimum atomic E-state index is -0.823. The van der Waals surface area contributed by atoms with Crippen LogP contribution in [0, 0.1) is 5.41 Å². The Balaban J connectivity index is 1.55. The molecule has 2 heterocycles. The number of amides is 1. The molecule has 1 saturated heterocycles. The zero-order valence-electron chi connectivity index (χ0n) is 12.4. The van der Waals surface area contributed by atoms with Crippen molar-refractivity contribution < 1.29 is 14.6 Å². The summed E-state index contributed by atoms with van der Waals surface area (Å²) in [4.78, 5) is 17.9. The molecule has 2 aliphatic rings. The molecule has 0 aromatic carbocycles. The largest absolute Gasteiger partial charge is 0.444 e. The van der Waals surface area contributed by atoms with Gasteiger partial charge in [-0.25, -0.2) is 9.78 Å². The second-order valence-electron chi connectivity index (χ2n) is 7.20. The van der Waals surface area contributed by atoms with Crippen molar-refractivity contribution in [1.82, 2.24) is 9.88 Å². The number of aromatic nitrogens is 1. The van der Waals surface area contributed by atoms with Crippen molar-refractivity contribution >= 4 is 33.4 Å². The Kier molecular flexibility index (Phi) is 3.39. The van der Waals surface area contributed by atoms with Gasteiger partial charge in [-0.3, -0.25) is 0 Å². The molecular formula is C14H19BrN2O3S. The Labute approximate surface area is 136 Å². The van der Waals surface area contributed by atoms with Crippen LogP contribution in [0.3, 0.4) is 0 Å². The average Bonchev–Trinajstić information content (AvgIpc) is 2.66. The lowest BCUT2D eigenvalue weighted by atomic mass is 9.55. The number of ether oxygens (including phenoxy) is 1. The first-order valence-corrected chi connectivity index (χ1v) is 8.60. The highest BCUT2D eigenvalue weighted by atomic mass is 79.9. The van der Waals surface area contributed by atoms with Gasteiger partial charge in [0, 0.05) is 23.9 Å². The monoisotopic (exact) mass is 374 g/mol. The third-order valence-corrected chi connectivity index (χ3v) is 5.66. The molecule has 0 bridgehead atoms. The van der Waals surface area contributed by atoms with Crippen molar-refractivity contribution in [3.8, 4) is 0 Å². The first-order chi connectivity index (χ1) is 9.61. The fourth-order valence-corrected chi connectivity index (χ4v) is 4.60. The molecule has 1 aliphatic carbocycles. The fourth-order valence-electron chi connectivity index (χ4n) is 3.25. The van der Waals surface area contributed by atoms with Crippen molar-refractivity contribution in [2.75, 3.05) is 13.1 Å². The highest BCUT2D eigenvalue weighted by Crippen LogP contribution is 2.59. The molecule has 0 unspecified atom stereocenters. The van der Waals surface area contributed by atoms with Gasteiger partial charge in [-0.1, -0.05) is 0 Å². The van der Waals surface area contributed by atoms with Gasteiger partial charge in [0.1, 0.15) is 20.8 Å². The maximum atomic E-state index is 11.9. The Bertz CT molecular complexity index is 567. The van der Waals surface area contributed by atoms with E-state index in [2.05, 4.69) is 20.9 Å². The Hall–Kier alpha value is -0.660. The van der Waals surface area contributed by atoms with Gasteiger partial charge < -0.3 is 14.7 Å². The number of hydrogen-bond acceptors (Lipinski definition) is 5. The van der Waals surface area contributed by atoms with Crippen LogP contribution in [0.5, 0.6) is 0 Å². The normalized spacial score (nSPS) is 22.6. The molecule has 1 saturated carbocycles. The molecule has 5 nitrogen and oxygen atoms in total. The van der Waals surface area contributed by atoms with E-state index in [4.69, 9.17) is 4.74 Å². The summed E-state index contributed by atoms with van der Waals surface area (Å²) in [6.45, 7) is 6.92. The lowest BCUT2D eigenvalue weighted by molar-refractivity contribution is -0.190. The predicted octanol–water partition coefficient (Wildman–Crippen LogP) is 3.12. The molecule has 1 aromatic heterocycles. The Morgan fingerprint density at radius 3 is 2.57 bits per heavy atom. The van der Waals surface area contributed by atoms with E-state index in [-0.39, 0.29) is 11.5 Å². The number of likely N-dealkylation sites (tertiary alicyclic amines) is 1. The van der Waals surface area contributed by atoms with E-state index < -0.39 is 11.2 Å². The minimum Gasteiger partial charge on any atom is -0.444 e. The van der Waals surface area contributed by atoms with Crippen molar-refractivity contribution in [3.63, 3.8) is 0 Å². The molecule has 1 aromatic rings. The number of carbonyl (C=O) groups is 1. The second-order valence-corrected chi connectivity index (χ2v) is 8.87. The highest BCUT2D eigenvalue weighted by Gasteiger charge is 2.62. The Morgan fingerprint density at radius 1 is 1.48 bits per heavy atom. The first kappa shape index (κ1) is 15.2. The lowest BCUT2D eigenvalue weighted by Crippen LogP contribution is -2.68. The molecule has 116 valence electrons. The van der Waals surface area contributed by atoms with E-state index in [1.54, 1.807) is 4.90 Å². The molecule has 0 radical (unpaired) electrons.